The highest BCUT2D eigenvalue weighted by Crippen LogP contribution is 2.38. The summed E-state index contributed by atoms with van der Waals surface area (Å²) >= 11 is 0. The second kappa shape index (κ2) is 5.19. The van der Waals surface area contributed by atoms with Gasteiger partial charge in [0, 0.05) is 12.1 Å². The topological polar surface area (TPSA) is 15.3 Å². The summed E-state index contributed by atoms with van der Waals surface area (Å²) in [6.07, 6.45) is 1.24. The second-order valence-electron chi connectivity index (χ2n) is 5.33. The summed E-state index contributed by atoms with van der Waals surface area (Å²) < 4.78 is 0. The first-order valence-corrected chi connectivity index (χ1v) is 6.63. The number of benzene rings is 1. The predicted octanol–water partition coefficient (Wildman–Crippen LogP) is 2.77. The lowest BCUT2D eigenvalue weighted by Crippen LogP contribution is -2.44. The number of likely N-dealkylation sites (N-methyl/N-ethyl adjacent to an activating group) is 2. The number of hydrogen-bond donors (Lipinski definition) is 1. The minimum Gasteiger partial charge on any atom is -0.309 e. The highest BCUT2D eigenvalue weighted by atomic mass is 15.1. The van der Waals surface area contributed by atoms with Crippen LogP contribution in [-0.2, 0) is 0 Å². The van der Waals surface area contributed by atoms with E-state index in [9.17, 15) is 0 Å². The Bertz CT molecular complexity index is 373. The molecule has 1 aliphatic rings. The van der Waals surface area contributed by atoms with Crippen molar-refractivity contribution in [3.8, 4) is 0 Å². The van der Waals surface area contributed by atoms with Crippen LogP contribution in [0.15, 0.2) is 24.3 Å². The van der Waals surface area contributed by atoms with E-state index in [4.69, 9.17) is 0 Å². The van der Waals surface area contributed by atoms with Crippen LogP contribution in [0.4, 0.5) is 0 Å². The predicted molar refractivity (Wildman–Crippen MR) is 73.4 cm³/mol. The van der Waals surface area contributed by atoms with Crippen molar-refractivity contribution in [2.24, 2.45) is 0 Å². The van der Waals surface area contributed by atoms with Crippen LogP contribution in [0.2, 0.25) is 0 Å². The van der Waals surface area contributed by atoms with Gasteiger partial charge >= 0.3 is 0 Å². The second-order valence-corrected chi connectivity index (χ2v) is 5.33. The normalized spacial score (nSPS) is 28.2. The van der Waals surface area contributed by atoms with E-state index < -0.39 is 0 Å². The monoisotopic (exact) mass is 232 g/mol. The van der Waals surface area contributed by atoms with Crippen LogP contribution >= 0.6 is 0 Å². The molecule has 1 N–H and O–H groups in total. The Morgan fingerprint density at radius 1 is 1.24 bits per heavy atom. The maximum Gasteiger partial charge on any atom is 0.0480 e. The fourth-order valence-corrected chi connectivity index (χ4v) is 3.05. The molecule has 17 heavy (non-hydrogen) atoms. The summed E-state index contributed by atoms with van der Waals surface area (Å²) in [5.41, 5.74) is 3.02. The molecule has 0 saturated heterocycles. The summed E-state index contributed by atoms with van der Waals surface area (Å²) in [6, 6.07) is 9.97. The largest absolute Gasteiger partial charge is 0.309 e. The van der Waals surface area contributed by atoms with Crippen molar-refractivity contribution in [3.63, 3.8) is 0 Å². The molecular weight excluding hydrogens is 208 g/mol. The van der Waals surface area contributed by atoms with E-state index in [1.807, 2.05) is 0 Å². The van der Waals surface area contributed by atoms with E-state index in [0.717, 1.165) is 6.54 Å². The number of rotatable bonds is 3. The highest BCUT2D eigenvalue weighted by molar-refractivity contribution is 5.36. The molecule has 0 fully saturated rings. The Morgan fingerprint density at radius 2 is 1.88 bits per heavy atom. The van der Waals surface area contributed by atoms with Crippen LogP contribution in [0.5, 0.6) is 0 Å². The van der Waals surface area contributed by atoms with Crippen LogP contribution in [0.3, 0.4) is 0 Å². The Morgan fingerprint density at radius 3 is 2.47 bits per heavy atom. The molecule has 0 spiro atoms. The van der Waals surface area contributed by atoms with Crippen LogP contribution in [0.1, 0.15) is 43.4 Å². The van der Waals surface area contributed by atoms with Gasteiger partial charge in [-0.25, -0.2) is 0 Å². The molecule has 0 aliphatic heterocycles. The Hall–Kier alpha value is -0.860. The van der Waals surface area contributed by atoms with Gasteiger partial charge in [0.15, 0.2) is 0 Å². The molecule has 0 aromatic heterocycles. The molecule has 1 aliphatic carbocycles. The van der Waals surface area contributed by atoms with Crippen molar-refractivity contribution in [1.82, 2.24) is 10.2 Å². The van der Waals surface area contributed by atoms with Gasteiger partial charge in [-0.3, -0.25) is 0 Å². The third-order valence-electron chi connectivity index (χ3n) is 3.93. The van der Waals surface area contributed by atoms with Crippen molar-refractivity contribution in [1.29, 1.82) is 0 Å². The fraction of sp³-hybridized carbons (Fsp3) is 0.600. The lowest BCUT2D eigenvalue weighted by atomic mass is 9.77. The van der Waals surface area contributed by atoms with Gasteiger partial charge in [0.25, 0.3) is 0 Å². The molecule has 3 unspecified atom stereocenters. The first-order valence-electron chi connectivity index (χ1n) is 6.63. The zero-order valence-electron chi connectivity index (χ0n) is 11.4. The highest BCUT2D eigenvalue weighted by Gasteiger charge is 2.33. The van der Waals surface area contributed by atoms with Crippen LogP contribution in [0.25, 0.3) is 0 Å². The third kappa shape index (κ3) is 2.38. The van der Waals surface area contributed by atoms with Crippen molar-refractivity contribution in [2.45, 2.75) is 38.3 Å². The maximum absolute atomic E-state index is 3.65. The van der Waals surface area contributed by atoms with E-state index in [2.05, 4.69) is 62.4 Å². The van der Waals surface area contributed by atoms with E-state index in [-0.39, 0.29) is 0 Å². The molecule has 3 atom stereocenters. The van der Waals surface area contributed by atoms with E-state index in [0.29, 0.717) is 18.0 Å². The van der Waals surface area contributed by atoms with Gasteiger partial charge in [-0.2, -0.15) is 0 Å². The smallest absolute Gasteiger partial charge is 0.0480 e. The lowest BCUT2D eigenvalue weighted by Gasteiger charge is -2.40. The summed E-state index contributed by atoms with van der Waals surface area (Å²) in [6.45, 7) is 5.56. The molecule has 0 heterocycles. The summed E-state index contributed by atoms with van der Waals surface area (Å²) in [7, 11) is 4.38. The number of nitrogens with zero attached hydrogens (tertiary/aromatic N) is 1. The molecule has 94 valence electrons. The van der Waals surface area contributed by atoms with Crippen LogP contribution in [-0.4, -0.2) is 31.6 Å². The van der Waals surface area contributed by atoms with Crippen LogP contribution < -0.4 is 5.32 Å². The van der Waals surface area contributed by atoms with Gasteiger partial charge in [0.1, 0.15) is 0 Å². The van der Waals surface area contributed by atoms with E-state index in [1.165, 1.54) is 17.5 Å². The minimum atomic E-state index is 0.474. The van der Waals surface area contributed by atoms with Gasteiger partial charge < -0.3 is 10.2 Å². The maximum atomic E-state index is 3.65. The average Bonchev–Trinajstić information content (AvgIpc) is 2.32. The molecule has 0 bridgehead atoms. The van der Waals surface area contributed by atoms with E-state index >= 15 is 0 Å². The molecule has 1 aromatic carbocycles. The number of hydrogen-bond acceptors (Lipinski definition) is 2. The summed E-state index contributed by atoms with van der Waals surface area (Å²) in [5.74, 6) is 0.661. The van der Waals surface area contributed by atoms with Crippen LogP contribution in [0, 0.1) is 0 Å². The minimum absolute atomic E-state index is 0.474. The quantitative estimate of drug-likeness (QED) is 0.862. The lowest BCUT2D eigenvalue weighted by molar-refractivity contribution is 0.196. The molecule has 1 aromatic rings. The van der Waals surface area contributed by atoms with Crippen molar-refractivity contribution in [2.75, 3.05) is 20.6 Å². The Kier molecular flexibility index (Phi) is 3.85. The standard InChI is InChI=1S/C15H24N2/c1-5-16-15-13-9-7-6-8-12(13)11(2)10-14(15)17(3)4/h6-9,11,14-16H,5,10H2,1-4H3. The van der Waals surface area contributed by atoms with Crippen molar-refractivity contribution < 1.29 is 0 Å². The van der Waals surface area contributed by atoms with E-state index in [1.54, 1.807) is 0 Å². The Labute approximate surface area is 105 Å². The van der Waals surface area contributed by atoms with Gasteiger partial charge in [0.2, 0.25) is 0 Å². The molecule has 0 radical (unpaired) electrons. The number of nitrogens with one attached hydrogen (secondary N) is 1. The molecule has 2 rings (SSSR count). The van der Waals surface area contributed by atoms with Crippen molar-refractivity contribution >= 4 is 0 Å². The average molecular weight is 232 g/mol. The molecule has 0 saturated carbocycles. The molecule has 2 heteroatoms. The zero-order chi connectivity index (χ0) is 12.4. The fourth-order valence-electron chi connectivity index (χ4n) is 3.05. The SMILES string of the molecule is CCNC1c2ccccc2C(C)CC1N(C)C. The molecular formula is C15H24N2. The first kappa shape index (κ1) is 12.6. The number of fused-ring (bicyclic) bond motifs is 1. The third-order valence-corrected chi connectivity index (χ3v) is 3.93. The zero-order valence-corrected chi connectivity index (χ0v) is 11.4. The van der Waals surface area contributed by atoms with Gasteiger partial charge in [-0.15, -0.1) is 0 Å². The van der Waals surface area contributed by atoms with Gasteiger partial charge in [-0.1, -0.05) is 38.1 Å². The van der Waals surface area contributed by atoms with Crippen molar-refractivity contribution in [3.05, 3.63) is 35.4 Å². The Balaban J connectivity index is 2.39. The summed E-state index contributed by atoms with van der Waals surface area (Å²) in [5, 5.41) is 3.65. The molecule has 0 amide bonds. The first-order chi connectivity index (χ1) is 8.15. The van der Waals surface area contributed by atoms with Gasteiger partial charge in [0.05, 0.1) is 0 Å². The summed E-state index contributed by atoms with van der Waals surface area (Å²) in [4.78, 5) is 2.36. The van der Waals surface area contributed by atoms with Gasteiger partial charge in [-0.05, 0) is 44.1 Å². The molecule has 2 nitrogen and oxygen atoms in total.